The summed E-state index contributed by atoms with van der Waals surface area (Å²) in [5, 5.41) is 3.42. The molecule has 0 atom stereocenters. The van der Waals surface area contributed by atoms with Gasteiger partial charge in [0, 0.05) is 34.8 Å². The molecule has 2 rings (SSSR count). The van der Waals surface area contributed by atoms with Crippen LogP contribution in [0.3, 0.4) is 0 Å². The maximum Gasteiger partial charge on any atom is 0.255 e. The Balaban J connectivity index is 2.33. The van der Waals surface area contributed by atoms with Gasteiger partial charge in [-0.1, -0.05) is 27.5 Å². The van der Waals surface area contributed by atoms with E-state index in [4.69, 9.17) is 17.3 Å². The van der Waals surface area contributed by atoms with Crippen LogP contribution in [0.5, 0.6) is 0 Å². The minimum atomic E-state index is -0.242. The Hall–Kier alpha value is -1.72. The Bertz CT molecular complexity index is 668. The van der Waals surface area contributed by atoms with Crippen LogP contribution in [0.1, 0.15) is 10.4 Å². The zero-order chi connectivity index (χ0) is 15.6. The van der Waals surface area contributed by atoms with Crippen LogP contribution in [0.25, 0.3) is 0 Å². The van der Waals surface area contributed by atoms with Crippen molar-refractivity contribution in [1.82, 2.24) is 0 Å². The second-order valence-corrected chi connectivity index (χ2v) is 6.14. The highest BCUT2D eigenvalue weighted by Crippen LogP contribution is 2.28. The number of nitrogens with one attached hydrogen (secondary N) is 1. The quantitative estimate of drug-likeness (QED) is 0.805. The van der Waals surface area contributed by atoms with E-state index in [1.54, 1.807) is 30.3 Å². The van der Waals surface area contributed by atoms with Crippen LogP contribution in [0, 0.1) is 0 Å². The third-order valence-corrected chi connectivity index (χ3v) is 3.56. The smallest absolute Gasteiger partial charge is 0.255 e. The zero-order valence-electron chi connectivity index (χ0n) is 11.7. The Morgan fingerprint density at radius 2 is 1.95 bits per heavy atom. The molecule has 0 saturated carbocycles. The molecule has 0 radical (unpaired) electrons. The highest BCUT2D eigenvalue weighted by atomic mass is 79.9. The minimum absolute atomic E-state index is 0.242. The van der Waals surface area contributed by atoms with Crippen molar-refractivity contribution in [3.05, 3.63) is 51.5 Å². The molecule has 2 aromatic rings. The molecule has 0 fully saturated rings. The van der Waals surface area contributed by atoms with Gasteiger partial charge in [-0.3, -0.25) is 4.79 Å². The predicted octanol–water partition coefficient (Wildman–Crippen LogP) is 4.00. The van der Waals surface area contributed by atoms with Crippen molar-refractivity contribution in [2.24, 2.45) is 0 Å². The summed E-state index contributed by atoms with van der Waals surface area (Å²) in [6.45, 7) is 0. The number of nitrogen functional groups attached to an aromatic ring is 1. The Morgan fingerprint density at radius 1 is 1.24 bits per heavy atom. The normalized spacial score (nSPS) is 10.3. The van der Waals surface area contributed by atoms with Gasteiger partial charge in [-0.05, 0) is 36.4 Å². The number of nitrogens with two attached hydrogens (primary N) is 1. The van der Waals surface area contributed by atoms with Gasteiger partial charge in [0.1, 0.15) is 0 Å². The first kappa shape index (κ1) is 15.7. The third-order valence-electron chi connectivity index (χ3n) is 2.87. The van der Waals surface area contributed by atoms with Crippen LogP contribution >= 0.6 is 27.5 Å². The topological polar surface area (TPSA) is 58.4 Å². The summed E-state index contributed by atoms with van der Waals surface area (Å²) in [5.74, 6) is -0.242. The molecular formula is C15H15BrClN3O. The van der Waals surface area contributed by atoms with Gasteiger partial charge in [0.25, 0.3) is 5.91 Å². The van der Waals surface area contributed by atoms with Gasteiger partial charge in [-0.2, -0.15) is 0 Å². The lowest BCUT2D eigenvalue weighted by Gasteiger charge is -2.18. The number of carbonyl (C=O) groups excluding carboxylic acids is 1. The number of hydrogen-bond acceptors (Lipinski definition) is 3. The number of hydrogen-bond donors (Lipinski definition) is 2. The fraction of sp³-hybridized carbons (Fsp3) is 0.133. The number of halogens is 2. The summed E-state index contributed by atoms with van der Waals surface area (Å²) < 4.78 is 0.756. The molecule has 21 heavy (non-hydrogen) atoms. The third kappa shape index (κ3) is 3.89. The number of nitrogens with zero attached hydrogens (tertiary/aromatic N) is 1. The van der Waals surface area contributed by atoms with Crippen LogP contribution in [0.4, 0.5) is 17.1 Å². The maximum atomic E-state index is 12.4. The average Bonchev–Trinajstić information content (AvgIpc) is 2.37. The first-order valence-corrected chi connectivity index (χ1v) is 7.38. The Morgan fingerprint density at radius 3 is 2.57 bits per heavy atom. The van der Waals surface area contributed by atoms with Gasteiger partial charge < -0.3 is 16.0 Å². The van der Waals surface area contributed by atoms with Crippen LogP contribution in [-0.2, 0) is 0 Å². The van der Waals surface area contributed by atoms with Crippen molar-refractivity contribution >= 4 is 50.5 Å². The standard InChI is InChI=1S/C15H15BrClN3O/c1-20(2)14-4-3-11(17)8-13(14)19-15(21)9-5-10(16)7-12(18)6-9/h3-8H,18H2,1-2H3,(H,19,21). The van der Waals surface area contributed by atoms with E-state index in [1.807, 2.05) is 25.1 Å². The van der Waals surface area contributed by atoms with Crippen LogP contribution < -0.4 is 16.0 Å². The monoisotopic (exact) mass is 367 g/mol. The van der Waals surface area contributed by atoms with Crippen molar-refractivity contribution in [2.45, 2.75) is 0 Å². The van der Waals surface area contributed by atoms with Gasteiger partial charge in [-0.15, -0.1) is 0 Å². The predicted molar refractivity (Wildman–Crippen MR) is 92.3 cm³/mol. The molecule has 3 N–H and O–H groups in total. The maximum absolute atomic E-state index is 12.4. The average molecular weight is 369 g/mol. The highest BCUT2D eigenvalue weighted by Gasteiger charge is 2.12. The molecule has 0 aromatic heterocycles. The lowest BCUT2D eigenvalue weighted by molar-refractivity contribution is 0.102. The second-order valence-electron chi connectivity index (χ2n) is 4.78. The van der Waals surface area contributed by atoms with Gasteiger partial charge in [0.15, 0.2) is 0 Å². The molecule has 0 aliphatic carbocycles. The lowest BCUT2D eigenvalue weighted by Crippen LogP contribution is -2.17. The largest absolute Gasteiger partial charge is 0.399 e. The van der Waals surface area contributed by atoms with Crippen LogP contribution in [-0.4, -0.2) is 20.0 Å². The van der Waals surface area contributed by atoms with Crippen molar-refractivity contribution in [3.63, 3.8) is 0 Å². The first-order valence-electron chi connectivity index (χ1n) is 6.21. The van der Waals surface area contributed by atoms with Gasteiger partial charge in [0.05, 0.1) is 11.4 Å². The molecule has 0 saturated heterocycles. The van der Waals surface area contributed by atoms with Crippen molar-refractivity contribution in [2.75, 3.05) is 30.0 Å². The second kappa shape index (κ2) is 6.37. The number of benzene rings is 2. The molecule has 6 heteroatoms. The summed E-state index contributed by atoms with van der Waals surface area (Å²) in [6.07, 6.45) is 0. The van der Waals surface area contributed by atoms with E-state index in [0.29, 0.717) is 22.0 Å². The van der Waals surface area contributed by atoms with Gasteiger partial charge >= 0.3 is 0 Å². The molecule has 0 aliphatic rings. The minimum Gasteiger partial charge on any atom is -0.399 e. The Labute approximate surface area is 137 Å². The molecule has 0 unspecified atom stereocenters. The molecule has 2 aromatic carbocycles. The van der Waals surface area contributed by atoms with E-state index in [1.165, 1.54) is 0 Å². The molecule has 1 amide bonds. The van der Waals surface area contributed by atoms with E-state index in [2.05, 4.69) is 21.2 Å². The molecule has 110 valence electrons. The first-order chi connectivity index (χ1) is 9.86. The van der Waals surface area contributed by atoms with Crippen molar-refractivity contribution in [1.29, 1.82) is 0 Å². The van der Waals surface area contributed by atoms with E-state index in [-0.39, 0.29) is 5.91 Å². The lowest BCUT2D eigenvalue weighted by atomic mass is 10.1. The zero-order valence-corrected chi connectivity index (χ0v) is 14.0. The number of anilines is 3. The molecule has 4 nitrogen and oxygen atoms in total. The molecule has 0 heterocycles. The van der Waals surface area contributed by atoms with E-state index < -0.39 is 0 Å². The van der Waals surface area contributed by atoms with E-state index >= 15 is 0 Å². The highest BCUT2D eigenvalue weighted by molar-refractivity contribution is 9.10. The molecule has 0 bridgehead atoms. The summed E-state index contributed by atoms with van der Waals surface area (Å²) in [7, 11) is 3.80. The molecular weight excluding hydrogens is 354 g/mol. The van der Waals surface area contributed by atoms with E-state index in [0.717, 1.165) is 10.2 Å². The van der Waals surface area contributed by atoms with Crippen molar-refractivity contribution < 1.29 is 4.79 Å². The van der Waals surface area contributed by atoms with Crippen LogP contribution in [0.2, 0.25) is 5.02 Å². The summed E-state index contributed by atoms with van der Waals surface area (Å²) in [4.78, 5) is 14.3. The molecule has 0 aliphatic heterocycles. The van der Waals surface area contributed by atoms with Crippen LogP contribution in [0.15, 0.2) is 40.9 Å². The number of rotatable bonds is 3. The van der Waals surface area contributed by atoms with Crippen molar-refractivity contribution in [3.8, 4) is 0 Å². The summed E-state index contributed by atoms with van der Waals surface area (Å²) in [6, 6.07) is 10.4. The number of amides is 1. The van der Waals surface area contributed by atoms with Gasteiger partial charge in [-0.25, -0.2) is 0 Å². The Kier molecular flexibility index (Phi) is 4.75. The van der Waals surface area contributed by atoms with E-state index in [9.17, 15) is 4.79 Å². The van der Waals surface area contributed by atoms with Gasteiger partial charge in [0.2, 0.25) is 0 Å². The summed E-state index contributed by atoms with van der Waals surface area (Å²) in [5.41, 5.74) is 8.27. The fourth-order valence-electron chi connectivity index (χ4n) is 1.94. The molecule has 0 spiro atoms. The fourth-order valence-corrected chi connectivity index (χ4v) is 2.62. The summed E-state index contributed by atoms with van der Waals surface area (Å²) >= 11 is 9.33. The number of carbonyl (C=O) groups is 1. The SMILES string of the molecule is CN(C)c1ccc(Cl)cc1NC(=O)c1cc(N)cc(Br)c1.